The molecule has 4 rings (SSSR count). The quantitative estimate of drug-likeness (QED) is 0.834. The molecule has 1 fully saturated rings. The molecule has 5 nitrogen and oxygen atoms in total. The van der Waals surface area contributed by atoms with E-state index in [1.807, 2.05) is 47.4 Å². The van der Waals surface area contributed by atoms with Crippen molar-refractivity contribution in [2.24, 2.45) is 5.92 Å². The molecule has 0 spiro atoms. The minimum absolute atomic E-state index is 0.0171. The lowest BCUT2D eigenvalue weighted by molar-refractivity contribution is 0.0620. The third-order valence-corrected chi connectivity index (χ3v) is 4.92. The van der Waals surface area contributed by atoms with E-state index < -0.39 is 0 Å². The Labute approximate surface area is 158 Å². The summed E-state index contributed by atoms with van der Waals surface area (Å²) in [6, 6.07) is 13.0. The molecular weight excluding hydrogens is 342 g/mol. The molecule has 2 aliphatic heterocycles. The number of nitrogens with zero attached hydrogens (tertiary/aromatic N) is 1. The lowest BCUT2D eigenvalue weighted by atomic mass is 9.98. The van der Waals surface area contributed by atoms with Crippen LogP contribution < -0.4 is 9.47 Å². The van der Waals surface area contributed by atoms with Gasteiger partial charge >= 0.3 is 0 Å². The summed E-state index contributed by atoms with van der Waals surface area (Å²) in [5, 5.41) is 9.33. The molecule has 5 heteroatoms. The zero-order valence-corrected chi connectivity index (χ0v) is 15.0. The molecule has 1 N–H and O–H groups in total. The van der Waals surface area contributed by atoms with Crippen LogP contribution in [-0.4, -0.2) is 42.4 Å². The molecule has 2 aromatic carbocycles. The number of hydrogen-bond acceptors (Lipinski definition) is 4. The van der Waals surface area contributed by atoms with Crippen LogP contribution in [0.25, 0.3) is 0 Å². The standard InChI is InChI=1S/C22H21NO4/c24-14-18-2-1-11-23(13-18)22(25)19-8-5-16(6-9-19)3-4-17-7-10-20-21(12-17)27-15-26-20/h5-10,12,18,24H,1-2,11,13-15H2/t18-/m1/s1. The fourth-order valence-electron chi connectivity index (χ4n) is 3.40. The Morgan fingerprint density at radius 2 is 1.81 bits per heavy atom. The summed E-state index contributed by atoms with van der Waals surface area (Å²) in [7, 11) is 0. The second-order valence-corrected chi connectivity index (χ2v) is 6.84. The molecule has 2 aliphatic rings. The van der Waals surface area contributed by atoms with Gasteiger partial charge in [-0.25, -0.2) is 0 Å². The van der Waals surface area contributed by atoms with E-state index in [-0.39, 0.29) is 25.2 Å². The third kappa shape index (κ3) is 3.91. The van der Waals surface area contributed by atoms with Gasteiger partial charge in [0.05, 0.1) is 0 Å². The molecule has 138 valence electrons. The zero-order chi connectivity index (χ0) is 18.6. The van der Waals surface area contributed by atoms with Gasteiger partial charge in [0.25, 0.3) is 5.91 Å². The predicted octanol–water partition coefficient (Wildman–Crippen LogP) is 2.66. The second kappa shape index (κ2) is 7.73. The summed E-state index contributed by atoms with van der Waals surface area (Å²) in [5.74, 6) is 7.88. The lowest BCUT2D eigenvalue weighted by Gasteiger charge is -2.31. The van der Waals surface area contributed by atoms with Crippen LogP contribution in [0.15, 0.2) is 42.5 Å². The van der Waals surface area contributed by atoms with Gasteiger partial charge in [-0.15, -0.1) is 0 Å². The number of ether oxygens (including phenoxy) is 2. The van der Waals surface area contributed by atoms with Crippen molar-refractivity contribution in [3.8, 4) is 23.3 Å². The molecule has 1 saturated heterocycles. The van der Waals surface area contributed by atoms with Crippen LogP contribution in [0.4, 0.5) is 0 Å². The number of likely N-dealkylation sites (tertiary alicyclic amines) is 1. The van der Waals surface area contributed by atoms with Gasteiger partial charge in [0, 0.05) is 36.4 Å². The van der Waals surface area contributed by atoms with Crippen molar-refractivity contribution in [2.45, 2.75) is 12.8 Å². The Balaban J connectivity index is 1.44. The van der Waals surface area contributed by atoms with Crippen molar-refractivity contribution in [2.75, 3.05) is 26.5 Å². The van der Waals surface area contributed by atoms with Crippen molar-refractivity contribution < 1.29 is 19.4 Å². The highest BCUT2D eigenvalue weighted by molar-refractivity contribution is 5.94. The Morgan fingerprint density at radius 3 is 2.63 bits per heavy atom. The zero-order valence-electron chi connectivity index (χ0n) is 15.0. The summed E-state index contributed by atoms with van der Waals surface area (Å²) >= 11 is 0. The first-order chi connectivity index (χ1) is 13.2. The van der Waals surface area contributed by atoms with Gasteiger partial charge in [-0.05, 0) is 61.2 Å². The van der Waals surface area contributed by atoms with E-state index in [9.17, 15) is 9.90 Å². The van der Waals surface area contributed by atoms with E-state index in [1.54, 1.807) is 0 Å². The fraction of sp³-hybridized carbons (Fsp3) is 0.318. The maximum Gasteiger partial charge on any atom is 0.253 e. The number of aliphatic hydroxyl groups excluding tert-OH is 1. The summed E-state index contributed by atoms with van der Waals surface area (Å²) < 4.78 is 10.7. The minimum atomic E-state index is 0.0171. The number of benzene rings is 2. The first-order valence-corrected chi connectivity index (χ1v) is 9.15. The largest absolute Gasteiger partial charge is 0.454 e. The Kier molecular flexibility index (Phi) is 4.99. The van der Waals surface area contributed by atoms with Crippen LogP contribution in [0, 0.1) is 17.8 Å². The Bertz CT molecular complexity index is 895. The number of amides is 1. The number of piperidine rings is 1. The van der Waals surface area contributed by atoms with Crippen LogP contribution in [-0.2, 0) is 0 Å². The summed E-state index contributed by atoms with van der Waals surface area (Å²) in [6.45, 7) is 1.76. The molecule has 2 aromatic rings. The topological polar surface area (TPSA) is 59.0 Å². The van der Waals surface area contributed by atoms with Crippen LogP contribution >= 0.6 is 0 Å². The van der Waals surface area contributed by atoms with Crippen molar-refractivity contribution in [1.29, 1.82) is 0 Å². The number of aliphatic hydroxyl groups is 1. The van der Waals surface area contributed by atoms with Gasteiger partial charge in [-0.1, -0.05) is 11.8 Å². The molecule has 0 aliphatic carbocycles. The van der Waals surface area contributed by atoms with E-state index in [1.165, 1.54) is 0 Å². The molecule has 1 atom stereocenters. The van der Waals surface area contributed by atoms with Gasteiger partial charge in [0.2, 0.25) is 6.79 Å². The SMILES string of the molecule is O=C(c1ccc(C#Cc2ccc3c(c2)OCO3)cc1)N1CCC[C@@H](CO)C1. The normalized spacial score (nSPS) is 18.0. The average Bonchev–Trinajstić information content (AvgIpc) is 3.20. The van der Waals surface area contributed by atoms with Crippen molar-refractivity contribution in [3.63, 3.8) is 0 Å². The first-order valence-electron chi connectivity index (χ1n) is 9.15. The monoisotopic (exact) mass is 363 g/mol. The molecule has 0 unspecified atom stereocenters. The van der Waals surface area contributed by atoms with Crippen LogP contribution in [0.1, 0.15) is 34.3 Å². The van der Waals surface area contributed by atoms with E-state index >= 15 is 0 Å². The summed E-state index contributed by atoms with van der Waals surface area (Å²) in [5.41, 5.74) is 2.35. The molecule has 0 radical (unpaired) electrons. The van der Waals surface area contributed by atoms with E-state index in [0.29, 0.717) is 17.9 Å². The molecular formula is C22H21NO4. The van der Waals surface area contributed by atoms with Gasteiger partial charge in [0.15, 0.2) is 11.5 Å². The molecule has 1 amide bonds. The predicted molar refractivity (Wildman–Crippen MR) is 101 cm³/mol. The average molecular weight is 363 g/mol. The maximum atomic E-state index is 12.6. The Hall–Kier alpha value is -2.97. The first kappa shape index (κ1) is 17.4. The van der Waals surface area contributed by atoms with E-state index in [4.69, 9.17) is 9.47 Å². The van der Waals surface area contributed by atoms with Crippen molar-refractivity contribution in [3.05, 3.63) is 59.2 Å². The van der Waals surface area contributed by atoms with E-state index in [0.717, 1.165) is 36.3 Å². The number of carbonyl (C=O) groups excluding carboxylic acids is 1. The van der Waals surface area contributed by atoms with Crippen LogP contribution in [0.5, 0.6) is 11.5 Å². The molecule has 0 bridgehead atoms. The van der Waals surface area contributed by atoms with Crippen LogP contribution in [0.2, 0.25) is 0 Å². The molecule has 27 heavy (non-hydrogen) atoms. The molecule has 0 saturated carbocycles. The Morgan fingerprint density at radius 1 is 1.07 bits per heavy atom. The van der Waals surface area contributed by atoms with Crippen molar-refractivity contribution in [1.82, 2.24) is 4.90 Å². The summed E-state index contributed by atoms with van der Waals surface area (Å²) in [4.78, 5) is 14.5. The second-order valence-electron chi connectivity index (χ2n) is 6.84. The maximum absolute atomic E-state index is 12.6. The molecule has 2 heterocycles. The van der Waals surface area contributed by atoms with E-state index in [2.05, 4.69) is 11.8 Å². The number of carbonyl (C=O) groups is 1. The van der Waals surface area contributed by atoms with Gasteiger partial charge < -0.3 is 19.5 Å². The molecule has 0 aromatic heterocycles. The number of hydrogen-bond donors (Lipinski definition) is 1. The summed E-state index contributed by atoms with van der Waals surface area (Å²) in [6.07, 6.45) is 1.92. The number of fused-ring (bicyclic) bond motifs is 1. The van der Waals surface area contributed by atoms with Crippen molar-refractivity contribution >= 4 is 5.91 Å². The highest BCUT2D eigenvalue weighted by Gasteiger charge is 2.23. The van der Waals surface area contributed by atoms with Crippen LogP contribution in [0.3, 0.4) is 0 Å². The van der Waals surface area contributed by atoms with Gasteiger partial charge in [-0.2, -0.15) is 0 Å². The number of rotatable bonds is 2. The smallest absolute Gasteiger partial charge is 0.253 e. The third-order valence-electron chi connectivity index (χ3n) is 4.92. The lowest BCUT2D eigenvalue weighted by Crippen LogP contribution is -2.40. The van der Waals surface area contributed by atoms with Gasteiger partial charge in [0.1, 0.15) is 0 Å². The fourth-order valence-corrected chi connectivity index (χ4v) is 3.40. The minimum Gasteiger partial charge on any atom is -0.454 e. The highest BCUT2D eigenvalue weighted by atomic mass is 16.7. The highest BCUT2D eigenvalue weighted by Crippen LogP contribution is 2.32. The van der Waals surface area contributed by atoms with Gasteiger partial charge in [-0.3, -0.25) is 4.79 Å².